The lowest BCUT2D eigenvalue weighted by Gasteiger charge is -2.22. The van der Waals surface area contributed by atoms with Crippen LogP contribution in [-0.2, 0) is 13.1 Å². The molecule has 0 unspecified atom stereocenters. The molecule has 1 fully saturated rings. The number of carbonyl (C=O) groups is 1. The summed E-state index contributed by atoms with van der Waals surface area (Å²) in [7, 11) is 0. The predicted molar refractivity (Wildman–Crippen MR) is 109 cm³/mol. The molecule has 144 valence electrons. The molecular formula is C22H20N6O. The Balaban J connectivity index is 1.44. The van der Waals surface area contributed by atoms with Gasteiger partial charge in [-0.15, -0.1) is 5.10 Å². The number of fused-ring (bicyclic) bond motifs is 3. The summed E-state index contributed by atoms with van der Waals surface area (Å²) in [6, 6.07) is 14.4. The first kappa shape index (κ1) is 16.5. The molecule has 1 amide bonds. The number of aromatic nitrogens is 5. The molecule has 2 aliphatic rings. The van der Waals surface area contributed by atoms with Gasteiger partial charge in [-0.25, -0.2) is 9.67 Å². The van der Waals surface area contributed by atoms with Gasteiger partial charge in [-0.05, 0) is 49.6 Å². The summed E-state index contributed by atoms with van der Waals surface area (Å²) in [5, 5.41) is 8.20. The van der Waals surface area contributed by atoms with Crippen molar-refractivity contribution in [3.8, 4) is 0 Å². The number of imidazole rings is 1. The van der Waals surface area contributed by atoms with E-state index in [2.05, 4.69) is 14.9 Å². The van der Waals surface area contributed by atoms with Crippen molar-refractivity contribution in [2.24, 2.45) is 0 Å². The highest BCUT2D eigenvalue weighted by Crippen LogP contribution is 2.38. The minimum absolute atomic E-state index is 0.0346. The molecule has 0 bridgehead atoms. The van der Waals surface area contributed by atoms with Crippen molar-refractivity contribution in [3.63, 3.8) is 0 Å². The zero-order valence-electron chi connectivity index (χ0n) is 16.1. The van der Waals surface area contributed by atoms with E-state index in [0.29, 0.717) is 24.7 Å². The fourth-order valence-electron chi connectivity index (χ4n) is 4.33. The van der Waals surface area contributed by atoms with Crippen molar-refractivity contribution < 1.29 is 4.79 Å². The second-order valence-electron chi connectivity index (χ2n) is 7.87. The minimum atomic E-state index is -0.0346. The molecule has 1 saturated carbocycles. The van der Waals surface area contributed by atoms with Crippen molar-refractivity contribution in [1.29, 1.82) is 0 Å². The first-order valence-electron chi connectivity index (χ1n) is 9.95. The summed E-state index contributed by atoms with van der Waals surface area (Å²) in [6.07, 6.45) is 4.15. The van der Waals surface area contributed by atoms with E-state index in [-0.39, 0.29) is 5.91 Å². The van der Waals surface area contributed by atoms with E-state index < -0.39 is 0 Å². The molecule has 4 aromatic rings. The maximum Gasteiger partial charge on any atom is 0.258 e. The Morgan fingerprint density at radius 1 is 1.10 bits per heavy atom. The van der Waals surface area contributed by atoms with Crippen LogP contribution in [0.25, 0.3) is 11.0 Å². The average molecular weight is 384 g/mol. The number of para-hydroxylation sites is 1. The maximum atomic E-state index is 13.6. The molecule has 2 aromatic carbocycles. The van der Waals surface area contributed by atoms with Gasteiger partial charge in [0, 0.05) is 17.3 Å². The van der Waals surface area contributed by atoms with E-state index in [9.17, 15) is 4.79 Å². The number of benzene rings is 2. The highest BCUT2D eigenvalue weighted by Gasteiger charge is 2.29. The van der Waals surface area contributed by atoms with E-state index in [0.717, 1.165) is 33.8 Å². The van der Waals surface area contributed by atoms with E-state index >= 15 is 0 Å². The summed E-state index contributed by atoms with van der Waals surface area (Å²) < 4.78 is 4.16. The van der Waals surface area contributed by atoms with Crippen LogP contribution in [0.15, 0.2) is 48.7 Å². The van der Waals surface area contributed by atoms with Crippen LogP contribution < -0.4 is 4.90 Å². The van der Waals surface area contributed by atoms with Crippen LogP contribution in [0.1, 0.15) is 46.3 Å². The molecule has 0 radical (unpaired) electrons. The number of rotatable bonds is 2. The SMILES string of the molecule is Cc1nc2cc(C(=O)N3Cc4cnnn4Cc4ccccc43)ccc2n1C1CC1. The van der Waals surface area contributed by atoms with Crippen LogP contribution in [0.5, 0.6) is 0 Å². The zero-order valence-corrected chi connectivity index (χ0v) is 16.1. The Kier molecular flexibility index (Phi) is 3.41. The molecule has 29 heavy (non-hydrogen) atoms. The molecule has 1 aliphatic heterocycles. The van der Waals surface area contributed by atoms with Gasteiger partial charge in [0.1, 0.15) is 5.82 Å². The molecule has 0 spiro atoms. The van der Waals surface area contributed by atoms with Crippen LogP contribution >= 0.6 is 0 Å². The van der Waals surface area contributed by atoms with E-state index in [4.69, 9.17) is 4.98 Å². The van der Waals surface area contributed by atoms with Gasteiger partial charge in [0.2, 0.25) is 0 Å². The molecule has 0 atom stereocenters. The van der Waals surface area contributed by atoms with Gasteiger partial charge in [0.15, 0.2) is 0 Å². The summed E-state index contributed by atoms with van der Waals surface area (Å²) in [4.78, 5) is 20.1. The molecule has 3 heterocycles. The van der Waals surface area contributed by atoms with Gasteiger partial charge in [0.05, 0.1) is 36.0 Å². The second kappa shape index (κ2) is 6.01. The van der Waals surface area contributed by atoms with Gasteiger partial charge in [-0.1, -0.05) is 23.4 Å². The summed E-state index contributed by atoms with van der Waals surface area (Å²) in [6.45, 7) is 3.09. The zero-order chi connectivity index (χ0) is 19.5. The third-order valence-corrected chi connectivity index (χ3v) is 5.89. The van der Waals surface area contributed by atoms with Gasteiger partial charge in [0.25, 0.3) is 5.91 Å². The van der Waals surface area contributed by atoms with Crippen molar-refractivity contribution in [2.75, 3.05) is 4.90 Å². The second-order valence-corrected chi connectivity index (χ2v) is 7.87. The number of nitrogens with zero attached hydrogens (tertiary/aromatic N) is 6. The smallest absolute Gasteiger partial charge is 0.258 e. The average Bonchev–Trinajstić information content (AvgIpc) is 3.41. The highest BCUT2D eigenvalue weighted by atomic mass is 16.2. The molecule has 6 rings (SSSR count). The lowest BCUT2D eigenvalue weighted by molar-refractivity contribution is 0.0985. The number of amides is 1. The molecule has 0 saturated heterocycles. The topological polar surface area (TPSA) is 68.8 Å². The minimum Gasteiger partial charge on any atom is -0.325 e. The Hall–Kier alpha value is -3.48. The normalized spacial score (nSPS) is 15.8. The van der Waals surface area contributed by atoms with E-state index in [1.807, 2.05) is 59.0 Å². The Morgan fingerprint density at radius 2 is 1.97 bits per heavy atom. The summed E-state index contributed by atoms with van der Waals surface area (Å²) in [5.74, 6) is 0.981. The van der Waals surface area contributed by atoms with Crippen LogP contribution in [0.3, 0.4) is 0 Å². The third kappa shape index (κ3) is 2.57. The van der Waals surface area contributed by atoms with E-state index in [1.54, 1.807) is 6.20 Å². The Labute approximate surface area is 167 Å². The lowest BCUT2D eigenvalue weighted by atomic mass is 10.1. The molecule has 7 heteroatoms. The summed E-state index contributed by atoms with van der Waals surface area (Å²) in [5.41, 5.74) is 5.54. The molecule has 7 nitrogen and oxygen atoms in total. The van der Waals surface area contributed by atoms with Gasteiger partial charge in [-0.3, -0.25) is 4.79 Å². The number of hydrogen-bond donors (Lipinski definition) is 0. The number of hydrogen-bond acceptors (Lipinski definition) is 4. The van der Waals surface area contributed by atoms with Crippen molar-refractivity contribution in [3.05, 3.63) is 71.3 Å². The first-order chi connectivity index (χ1) is 14.2. The highest BCUT2D eigenvalue weighted by molar-refractivity contribution is 6.08. The first-order valence-corrected chi connectivity index (χ1v) is 9.95. The molecule has 0 N–H and O–H groups in total. The fraction of sp³-hybridized carbons (Fsp3) is 0.273. The monoisotopic (exact) mass is 384 g/mol. The molecule has 2 aromatic heterocycles. The Bertz CT molecular complexity index is 1270. The van der Waals surface area contributed by atoms with Crippen LogP contribution in [0.4, 0.5) is 5.69 Å². The van der Waals surface area contributed by atoms with E-state index in [1.165, 1.54) is 12.8 Å². The standard InChI is InChI=1S/C22H20N6O/c1-14-24-19-10-15(6-9-21(19)28(14)17-7-8-17)22(29)26-13-18-11-23-25-27(18)12-16-4-2-3-5-20(16)26/h2-6,9-11,17H,7-8,12-13H2,1H3. The summed E-state index contributed by atoms with van der Waals surface area (Å²) >= 11 is 0. The number of aryl methyl sites for hydroxylation is 1. The predicted octanol–water partition coefficient (Wildman–Crippen LogP) is 3.48. The number of anilines is 1. The fourth-order valence-corrected chi connectivity index (χ4v) is 4.33. The van der Waals surface area contributed by atoms with Gasteiger partial charge >= 0.3 is 0 Å². The van der Waals surface area contributed by atoms with Crippen molar-refractivity contribution in [1.82, 2.24) is 24.5 Å². The largest absolute Gasteiger partial charge is 0.325 e. The number of carbonyl (C=O) groups excluding carboxylic acids is 1. The van der Waals surface area contributed by atoms with Crippen LogP contribution in [-0.4, -0.2) is 30.5 Å². The van der Waals surface area contributed by atoms with Crippen LogP contribution in [0, 0.1) is 6.92 Å². The lowest BCUT2D eigenvalue weighted by Crippen LogP contribution is -2.30. The van der Waals surface area contributed by atoms with Crippen molar-refractivity contribution >= 4 is 22.6 Å². The van der Waals surface area contributed by atoms with Gasteiger partial charge < -0.3 is 9.47 Å². The molecular weight excluding hydrogens is 364 g/mol. The van der Waals surface area contributed by atoms with Crippen LogP contribution in [0.2, 0.25) is 0 Å². The van der Waals surface area contributed by atoms with Crippen molar-refractivity contribution in [2.45, 2.75) is 38.9 Å². The molecule has 1 aliphatic carbocycles. The third-order valence-electron chi connectivity index (χ3n) is 5.89. The maximum absolute atomic E-state index is 13.6. The quantitative estimate of drug-likeness (QED) is 0.531. The van der Waals surface area contributed by atoms with Gasteiger partial charge in [-0.2, -0.15) is 0 Å². The Morgan fingerprint density at radius 3 is 2.83 bits per heavy atom.